The van der Waals surface area contributed by atoms with Crippen molar-refractivity contribution in [2.24, 2.45) is 5.41 Å². The van der Waals surface area contributed by atoms with Crippen molar-refractivity contribution in [3.63, 3.8) is 0 Å². The van der Waals surface area contributed by atoms with Gasteiger partial charge in [0.1, 0.15) is 5.69 Å². The number of aromatic amines is 1. The minimum atomic E-state index is -0.867. The van der Waals surface area contributed by atoms with Gasteiger partial charge in [0.2, 0.25) is 0 Å². The molecule has 0 radical (unpaired) electrons. The first-order chi connectivity index (χ1) is 11.4. The van der Waals surface area contributed by atoms with E-state index in [1.54, 1.807) is 13.8 Å². The minimum absolute atomic E-state index is 0.225. The molecular formula is C19H20N2O3. The number of aromatic nitrogens is 1. The number of carboxylic acids is 1. The molecule has 2 aromatic carbocycles. The largest absolute Gasteiger partial charge is 0.481 e. The Hall–Kier alpha value is -2.82. The van der Waals surface area contributed by atoms with E-state index >= 15 is 0 Å². The molecule has 0 spiro atoms. The summed E-state index contributed by atoms with van der Waals surface area (Å²) in [6.07, 6.45) is 0.372. The summed E-state index contributed by atoms with van der Waals surface area (Å²) >= 11 is 0. The number of amides is 1. The van der Waals surface area contributed by atoms with Crippen LogP contribution in [0.4, 0.5) is 0 Å². The van der Waals surface area contributed by atoms with Gasteiger partial charge in [0, 0.05) is 17.4 Å². The monoisotopic (exact) mass is 324 g/mol. The number of rotatable bonds is 5. The van der Waals surface area contributed by atoms with E-state index in [0.29, 0.717) is 18.7 Å². The van der Waals surface area contributed by atoms with Crippen LogP contribution >= 0.6 is 0 Å². The zero-order chi connectivity index (χ0) is 17.3. The summed E-state index contributed by atoms with van der Waals surface area (Å²) in [6, 6.07) is 13.8. The summed E-state index contributed by atoms with van der Waals surface area (Å²) in [4.78, 5) is 26.5. The number of H-pyrrole nitrogens is 1. The first kappa shape index (κ1) is 16.1. The number of fused-ring (bicyclic) bond motifs is 3. The molecule has 5 heteroatoms. The van der Waals surface area contributed by atoms with Crippen LogP contribution in [-0.2, 0) is 4.79 Å². The maximum atomic E-state index is 12.3. The maximum Gasteiger partial charge on any atom is 0.309 e. The highest BCUT2D eigenvalue weighted by Gasteiger charge is 2.26. The van der Waals surface area contributed by atoms with Gasteiger partial charge in [-0.2, -0.15) is 0 Å². The van der Waals surface area contributed by atoms with Gasteiger partial charge in [-0.15, -0.1) is 0 Å². The zero-order valence-electron chi connectivity index (χ0n) is 13.7. The van der Waals surface area contributed by atoms with E-state index in [0.717, 1.165) is 21.7 Å². The van der Waals surface area contributed by atoms with Crippen molar-refractivity contribution in [1.29, 1.82) is 0 Å². The number of nitrogens with one attached hydrogen (secondary N) is 2. The quantitative estimate of drug-likeness (QED) is 0.671. The number of hydrogen-bond donors (Lipinski definition) is 3. The summed E-state index contributed by atoms with van der Waals surface area (Å²) in [6.45, 7) is 3.61. The average molecular weight is 324 g/mol. The van der Waals surface area contributed by atoms with Crippen LogP contribution in [0.1, 0.15) is 30.8 Å². The normalized spacial score (nSPS) is 11.8. The first-order valence-electron chi connectivity index (χ1n) is 7.90. The fourth-order valence-electron chi connectivity index (χ4n) is 2.70. The number of aliphatic carboxylic acids is 1. The fourth-order valence-corrected chi connectivity index (χ4v) is 2.70. The number of carbonyl (C=O) groups is 2. The van der Waals surface area contributed by atoms with Crippen LogP contribution in [0.5, 0.6) is 0 Å². The van der Waals surface area contributed by atoms with Crippen molar-refractivity contribution < 1.29 is 14.7 Å². The van der Waals surface area contributed by atoms with Crippen LogP contribution in [0.2, 0.25) is 0 Å². The van der Waals surface area contributed by atoms with E-state index in [-0.39, 0.29) is 5.91 Å². The van der Waals surface area contributed by atoms with Crippen LogP contribution in [-0.4, -0.2) is 28.5 Å². The molecule has 0 saturated carbocycles. The Morgan fingerprint density at radius 3 is 2.62 bits per heavy atom. The van der Waals surface area contributed by atoms with E-state index in [1.165, 1.54) is 0 Å². The molecule has 0 aliphatic rings. The lowest BCUT2D eigenvalue weighted by Gasteiger charge is -2.18. The molecule has 0 saturated heterocycles. The second-order valence-electron chi connectivity index (χ2n) is 6.63. The van der Waals surface area contributed by atoms with E-state index in [1.807, 2.05) is 42.5 Å². The highest BCUT2D eigenvalue weighted by molar-refractivity contribution is 6.09. The second-order valence-corrected chi connectivity index (χ2v) is 6.63. The van der Waals surface area contributed by atoms with Crippen molar-refractivity contribution in [3.8, 4) is 0 Å². The lowest BCUT2D eigenvalue weighted by Crippen LogP contribution is -2.32. The molecule has 3 aromatic rings. The van der Waals surface area contributed by atoms with Gasteiger partial charge in [-0.1, -0.05) is 30.3 Å². The number of hydrogen-bond acceptors (Lipinski definition) is 2. The number of carboxylic acid groups (broad SMARTS) is 1. The van der Waals surface area contributed by atoms with Gasteiger partial charge in [-0.3, -0.25) is 9.59 Å². The fraction of sp³-hybridized carbons (Fsp3) is 0.263. The lowest BCUT2D eigenvalue weighted by molar-refractivity contribution is -0.147. The van der Waals surface area contributed by atoms with Crippen molar-refractivity contribution >= 4 is 33.6 Å². The van der Waals surface area contributed by atoms with Gasteiger partial charge < -0.3 is 15.4 Å². The Morgan fingerprint density at radius 2 is 1.88 bits per heavy atom. The molecule has 0 atom stereocenters. The van der Waals surface area contributed by atoms with Crippen molar-refractivity contribution in [2.75, 3.05) is 6.54 Å². The highest BCUT2D eigenvalue weighted by Crippen LogP contribution is 2.26. The average Bonchev–Trinajstić information content (AvgIpc) is 2.99. The third-order valence-electron chi connectivity index (χ3n) is 4.39. The molecule has 0 aliphatic carbocycles. The predicted molar refractivity (Wildman–Crippen MR) is 94.2 cm³/mol. The molecule has 5 nitrogen and oxygen atoms in total. The minimum Gasteiger partial charge on any atom is -0.481 e. The number of carbonyl (C=O) groups excluding carboxylic acids is 1. The van der Waals surface area contributed by atoms with Gasteiger partial charge in [0.05, 0.1) is 5.41 Å². The molecule has 0 fully saturated rings. The molecule has 1 heterocycles. The SMILES string of the molecule is CC(C)(CCNC(=O)c1cc2c(ccc3ccccc32)[nH]1)C(=O)O. The summed E-state index contributed by atoms with van der Waals surface area (Å²) in [7, 11) is 0. The Morgan fingerprint density at radius 1 is 1.12 bits per heavy atom. The van der Waals surface area contributed by atoms with E-state index in [2.05, 4.69) is 10.3 Å². The van der Waals surface area contributed by atoms with Crippen molar-refractivity contribution in [1.82, 2.24) is 10.3 Å². The second kappa shape index (κ2) is 6.00. The predicted octanol–water partition coefficient (Wildman–Crippen LogP) is 3.55. The topological polar surface area (TPSA) is 82.2 Å². The van der Waals surface area contributed by atoms with Crippen LogP contribution in [0.3, 0.4) is 0 Å². The summed E-state index contributed by atoms with van der Waals surface area (Å²) in [5, 5.41) is 15.1. The molecule has 1 aromatic heterocycles. The summed E-state index contributed by atoms with van der Waals surface area (Å²) < 4.78 is 0. The van der Waals surface area contributed by atoms with Crippen LogP contribution in [0.15, 0.2) is 42.5 Å². The first-order valence-corrected chi connectivity index (χ1v) is 7.90. The third kappa shape index (κ3) is 2.97. The molecule has 24 heavy (non-hydrogen) atoms. The summed E-state index contributed by atoms with van der Waals surface area (Å²) in [5.74, 6) is -1.09. The Balaban J connectivity index is 1.78. The van der Waals surface area contributed by atoms with Gasteiger partial charge in [-0.05, 0) is 43.2 Å². The third-order valence-corrected chi connectivity index (χ3v) is 4.39. The molecule has 0 unspecified atom stereocenters. The van der Waals surface area contributed by atoms with E-state index in [9.17, 15) is 9.59 Å². The zero-order valence-corrected chi connectivity index (χ0v) is 13.7. The summed E-state index contributed by atoms with van der Waals surface area (Å²) in [5.41, 5.74) is 0.531. The van der Waals surface area contributed by atoms with Gasteiger partial charge >= 0.3 is 5.97 Å². The van der Waals surface area contributed by atoms with Crippen LogP contribution in [0.25, 0.3) is 21.7 Å². The smallest absolute Gasteiger partial charge is 0.309 e. The molecule has 3 rings (SSSR count). The van der Waals surface area contributed by atoms with Crippen LogP contribution < -0.4 is 5.32 Å². The maximum absolute atomic E-state index is 12.3. The molecule has 3 N–H and O–H groups in total. The van der Waals surface area contributed by atoms with E-state index in [4.69, 9.17) is 5.11 Å². The van der Waals surface area contributed by atoms with Gasteiger partial charge in [-0.25, -0.2) is 0 Å². The lowest BCUT2D eigenvalue weighted by atomic mass is 9.90. The molecule has 124 valence electrons. The molecule has 0 bridgehead atoms. The van der Waals surface area contributed by atoms with E-state index < -0.39 is 11.4 Å². The van der Waals surface area contributed by atoms with Gasteiger partial charge in [0.25, 0.3) is 5.91 Å². The molecule has 1 amide bonds. The Labute approximate surface area is 139 Å². The van der Waals surface area contributed by atoms with Crippen molar-refractivity contribution in [3.05, 3.63) is 48.2 Å². The Kier molecular flexibility index (Phi) is 4.01. The van der Waals surface area contributed by atoms with Crippen molar-refractivity contribution in [2.45, 2.75) is 20.3 Å². The van der Waals surface area contributed by atoms with Crippen LogP contribution in [0, 0.1) is 5.41 Å². The number of benzene rings is 2. The Bertz CT molecular complexity index is 925. The highest BCUT2D eigenvalue weighted by atomic mass is 16.4. The standard InChI is InChI=1S/C19H20N2O3/c1-19(2,18(23)24)9-10-20-17(22)16-11-14-13-6-4-3-5-12(13)7-8-15(14)21-16/h3-8,11,21H,9-10H2,1-2H3,(H,20,22)(H,23,24). The van der Waals surface area contributed by atoms with Gasteiger partial charge in [0.15, 0.2) is 0 Å². The molecule has 0 aliphatic heterocycles. The molecular weight excluding hydrogens is 304 g/mol.